The monoisotopic (exact) mass is 198 g/mol. The lowest BCUT2D eigenvalue weighted by Gasteiger charge is -2.01. The third kappa shape index (κ3) is 3.70. The Morgan fingerprint density at radius 3 is 2.62 bits per heavy atom. The van der Waals surface area contributed by atoms with Gasteiger partial charge in [-0.25, -0.2) is 0 Å². The van der Waals surface area contributed by atoms with E-state index in [0.29, 0.717) is 19.0 Å². The zero-order valence-electron chi connectivity index (χ0n) is 7.73. The molecule has 0 amide bonds. The summed E-state index contributed by atoms with van der Waals surface area (Å²) in [6.07, 6.45) is 0. The molecule has 1 atom stereocenters. The Bertz CT molecular complexity index is 259. The third-order valence-corrected chi connectivity index (χ3v) is 2.96. The van der Waals surface area contributed by atoms with E-state index in [1.807, 2.05) is 37.3 Å². The summed E-state index contributed by atoms with van der Waals surface area (Å²) in [5.74, 6) is 0.581. The van der Waals surface area contributed by atoms with E-state index in [-0.39, 0.29) is 0 Å². The molecule has 3 heteroatoms. The van der Waals surface area contributed by atoms with Crippen LogP contribution in [-0.4, -0.2) is 23.2 Å². The van der Waals surface area contributed by atoms with Crippen LogP contribution in [0.25, 0.3) is 0 Å². The quantitative estimate of drug-likeness (QED) is 0.675. The summed E-state index contributed by atoms with van der Waals surface area (Å²) in [6.45, 7) is 3.19. The first-order valence-electron chi connectivity index (χ1n) is 4.35. The molecule has 0 heterocycles. The van der Waals surface area contributed by atoms with Gasteiger partial charge in [-0.15, -0.1) is 0 Å². The Kier molecular flexibility index (Phi) is 4.72. The molecule has 1 aromatic rings. The summed E-state index contributed by atoms with van der Waals surface area (Å²) < 4.78 is 16.7. The van der Waals surface area contributed by atoms with Crippen molar-refractivity contribution in [3.8, 4) is 0 Å². The summed E-state index contributed by atoms with van der Waals surface area (Å²) in [4.78, 5) is 0.877. The summed E-state index contributed by atoms with van der Waals surface area (Å²) >= 11 is 0. The van der Waals surface area contributed by atoms with Gasteiger partial charge in [0.05, 0.1) is 23.2 Å². The first-order chi connectivity index (χ1) is 6.34. The molecule has 0 bridgehead atoms. The first kappa shape index (κ1) is 10.4. The lowest BCUT2D eigenvalue weighted by Crippen LogP contribution is -2.05. The second kappa shape index (κ2) is 5.89. The van der Waals surface area contributed by atoms with Crippen molar-refractivity contribution in [2.75, 3.05) is 19.0 Å². The average molecular weight is 198 g/mol. The third-order valence-electron chi connectivity index (χ3n) is 1.62. The minimum atomic E-state index is -0.910. The molecule has 72 valence electrons. The Morgan fingerprint density at radius 1 is 1.31 bits per heavy atom. The molecule has 1 unspecified atom stereocenters. The second-order valence-corrected chi connectivity index (χ2v) is 4.13. The molecule has 2 nitrogen and oxygen atoms in total. The minimum absolute atomic E-state index is 0.567. The molecular formula is C10H14O2S. The van der Waals surface area contributed by atoms with Crippen LogP contribution >= 0.6 is 0 Å². The van der Waals surface area contributed by atoms with E-state index in [9.17, 15) is 4.21 Å². The van der Waals surface area contributed by atoms with Crippen molar-refractivity contribution >= 4 is 10.8 Å². The van der Waals surface area contributed by atoms with E-state index in [0.717, 1.165) is 4.90 Å². The van der Waals surface area contributed by atoms with Crippen LogP contribution in [0.3, 0.4) is 0 Å². The van der Waals surface area contributed by atoms with Crippen LogP contribution in [0.1, 0.15) is 6.92 Å². The first-order valence-corrected chi connectivity index (χ1v) is 5.67. The largest absolute Gasteiger partial charge is 0.381 e. The van der Waals surface area contributed by atoms with Gasteiger partial charge in [0.15, 0.2) is 0 Å². The van der Waals surface area contributed by atoms with Crippen molar-refractivity contribution in [1.29, 1.82) is 0 Å². The molecular weight excluding hydrogens is 184 g/mol. The summed E-state index contributed by atoms with van der Waals surface area (Å²) in [5, 5.41) is 0. The molecule has 0 spiro atoms. The van der Waals surface area contributed by atoms with E-state index in [4.69, 9.17) is 4.74 Å². The van der Waals surface area contributed by atoms with E-state index in [1.165, 1.54) is 0 Å². The fourth-order valence-corrected chi connectivity index (χ4v) is 1.93. The van der Waals surface area contributed by atoms with Gasteiger partial charge < -0.3 is 4.74 Å². The highest BCUT2D eigenvalue weighted by molar-refractivity contribution is 7.85. The van der Waals surface area contributed by atoms with Crippen molar-refractivity contribution in [3.05, 3.63) is 30.3 Å². The van der Waals surface area contributed by atoms with Gasteiger partial charge in [0.1, 0.15) is 0 Å². The molecule has 0 aliphatic rings. The zero-order chi connectivity index (χ0) is 9.52. The number of hydrogen-bond acceptors (Lipinski definition) is 2. The smallest absolute Gasteiger partial charge is 0.0585 e. The minimum Gasteiger partial charge on any atom is -0.381 e. The predicted octanol–water partition coefficient (Wildman–Crippen LogP) is 1.83. The standard InChI is InChI=1S/C10H14O2S/c1-2-12-8-9-13(11)10-6-4-3-5-7-10/h3-7H,2,8-9H2,1H3. The zero-order valence-corrected chi connectivity index (χ0v) is 8.55. The van der Waals surface area contributed by atoms with Crippen LogP contribution in [0, 0.1) is 0 Å². The van der Waals surface area contributed by atoms with Gasteiger partial charge in [0.2, 0.25) is 0 Å². The Labute approximate surface area is 81.4 Å². The molecule has 13 heavy (non-hydrogen) atoms. The molecule has 0 saturated carbocycles. The molecule has 0 radical (unpaired) electrons. The number of ether oxygens (including phenoxy) is 1. The fourth-order valence-electron chi connectivity index (χ4n) is 0.969. The van der Waals surface area contributed by atoms with Crippen LogP contribution in [-0.2, 0) is 15.5 Å². The second-order valence-electron chi connectivity index (χ2n) is 2.56. The molecule has 0 aromatic heterocycles. The molecule has 1 rings (SSSR count). The maximum atomic E-state index is 11.6. The predicted molar refractivity (Wildman–Crippen MR) is 54.2 cm³/mol. The fraction of sp³-hybridized carbons (Fsp3) is 0.400. The van der Waals surface area contributed by atoms with E-state index in [2.05, 4.69) is 0 Å². The number of rotatable bonds is 5. The van der Waals surface area contributed by atoms with E-state index >= 15 is 0 Å². The number of hydrogen-bond donors (Lipinski definition) is 0. The topological polar surface area (TPSA) is 26.3 Å². The highest BCUT2D eigenvalue weighted by atomic mass is 32.2. The highest BCUT2D eigenvalue weighted by Crippen LogP contribution is 2.04. The molecule has 0 aliphatic carbocycles. The van der Waals surface area contributed by atoms with Gasteiger partial charge >= 0.3 is 0 Å². The van der Waals surface area contributed by atoms with Crippen LogP contribution in [0.4, 0.5) is 0 Å². The van der Waals surface area contributed by atoms with Crippen molar-refractivity contribution in [2.24, 2.45) is 0 Å². The van der Waals surface area contributed by atoms with Crippen molar-refractivity contribution in [3.63, 3.8) is 0 Å². The summed E-state index contributed by atoms with van der Waals surface area (Å²) in [5.41, 5.74) is 0. The van der Waals surface area contributed by atoms with Gasteiger partial charge in [-0.2, -0.15) is 0 Å². The van der Waals surface area contributed by atoms with Crippen LogP contribution < -0.4 is 0 Å². The van der Waals surface area contributed by atoms with Gasteiger partial charge in [-0.3, -0.25) is 4.21 Å². The lowest BCUT2D eigenvalue weighted by atomic mass is 10.4. The van der Waals surface area contributed by atoms with Crippen molar-refractivity contribution in [1.82, 2.24) is 0 Å². The van der Waals surface area contributed by atoms with Crippen LogP contribution in [0.5, 0.6) is 0 Å². The van der Waals surface area contributed by atoms with Crippen molar-refractivity contribution in [2.45, 2.75) is 11.8 Å². The number of benzene rings is 1. The van der Waals surface area contributed by atoms with Crippen molar-refractivity contribution < 1.29 is 8.95 Å². The summed E-state index contributed by atoms with van der Waals surface area (Å²) in [7, 11) is -0.910. The maximum absolute atomic E-state index is 11.6. The van der Waals surface area contributed by atoms with Crippen LogP contribution in [0.15, 0.2) is 35.2 Å². The Morgan fingerprint density at radius 2 is 2.00 bits per heavy atom. The van der Waals surface area contributed by atoms with E-state index in [1.54, 1.807) is 0 Å². The molecule has 0 N–H and O–H groups in total. The van der Waals surface area contributed by atoms with E-state index < -0.39 is 10.8 Å². The van der Waals surface area contributed by atoms with Gasteiger partial charge in [-0.05, 0) is 19.1 Å². The Hall–Kier alpha value is -0.670. The summed E-state index contributed by atoms with van der Waals surface area (Å²) in [6, 6.07) is 9.47. The SMILES string of the molecule is CCOCCS(=O)c1ccccc1. The maximum Gasteiger partial charge on any atom is 0.0585 e. The van der Waals surface area contributed by atoms with Gasteiger partial charge in [0.25, 0.3) is 0 Å². The average Bonchev–Trinajstić information content (AvgIpc) is 2.19. The molecule has 0 aliphatic heterocycles. The highest BCUT2D eigenvalue weighted by Gasteiger charge is 2.01. The molecule has 0 saturated heterocycles. The normalized spacial score (nSPS) is 12.7. The Balaban J connectivity index is 2.40. The molecule has 1 aromatic carbocycles. The van der Waals surface area contributed by atoms with Gasteiger partial charge in [0, 0.05) is 11.5 Å². The van der Waals surface area contributed by atoms with Gasteiger partial charge in [-0.1, -0.05) is 18.2 Å². The molecule has 0 fully saturated rings. The van der Waals surface area contributed by atoms with Crippen LogP contribution in [0.2, 0.25) is 0 Å². The lowest BCUT2D eigenvalue weighted by molar-refractivity contribution is 0.164.